The van der Waals surface area contributed by atoms with Crippen molar-refractivity contribution in [2.45, 2.75) is 130 Å². The minimum absolute atomic E-state index is 0.440. The Morgan fingerprint density at radius 3 is 1.46 bits per heavy atom. The molecule has 0 aliphatic carbocycles. The maximum Gasteiger partial charge on any atom is 0.114 e. The second kappa shape index (κ2) is 16.4. The molecular weight excluding hydrogens is 294 g/mol. The normalized spacial score (nSPS) is 14.2. The van der Waals surface area contributed by atoms with Gasteiger partial charge in [0.25, 0.3) is 0 Å². The van der Waals surface area contributed by atoms with E-state index in [1.165, 1.54) is 83.5 Å². The van der Waals surface area contributed by atoms with Crippen LogP contribution >= 0.6 is 0 Å². The van der Waals surface area contributed by atoms with Crippen molar-refractivity contribution >= 4 is 0 Å². The van der Waals surface area contributed by atoms with E-state index in [2.05, 4.69) is 20.8 Å². The Kier molecular flexibility index (Phi) is 16.3. The Morgan fingerprint density at radius 1 is 0.708 bits per heavy atom. The third kappa shape index (κ3) is 18.3. The van der Waals surface area contributed by atoms with Gasteiger partial charge in [0, 0.05) is 6.61 Å². The molecule has 0 saturated carbocycles. The molecule has 0 fully saturated rings. The molecule has 0 saturated heterocycles. The summed E-state index contributed by atoms with van der Waals surface area (Å²) in [6.45, 7) is 9.51. The van der Waals surface area contributed by atoms with Crippen molar-refractivity contribution in [3.63, 3.8) is 0 Å². The van der Waals surface area contributed by atoms with E-state index in [4.69, 9.17) is 10.5 Å². The molecule has 0 heterocycles. The summed E-state index contributed by atoms with van der Waals surface area (Å²) in [4.78, 5) is 0. The van der Waals surface area contributed by atoms with Crippen LogP contribution in [0.3, 0.4) is 0 Å². The summed E-state index contributed by atoms with van der Waals surface area (Å²) >= 11 is 0. The van der Waals surface area contributed by atoms with Crippen molar-refractivity contribution in [1.82, 2.24) is 0 Å². The van der Waals surface area contributed by atoms with Crippen LogP contribution in [0.2, 0.25) is 0 Å². The highest BCUT2D eigenvalue weighted by Crippen LogP contribution is 2.16. The lowest BCUT2D eigenvalue weighted by Gasteiger charge is -2.27. The molecule has 2 N–H and O–H groups in total. The molecule has 0 aromatic heterocycles. The van der Waals surface area contributed by atoms with Crippen LogP contribution in [0.1, 0.15) is 124 Å². The van der Waals surface area contributed by atoms with Crippen molar-refractivity contribution in [1.29, 1.82) is 0 Å². The number of ether oxygens (including phenoxy) is 1. The molecule has 0 rings (SSSR count). The highest BCUT2D eigenvalue weighted by Gasteiger charge is 2.19. The quantitative estimate of drug-likeness (QED) is 0.211. The van der Waals surface area contributed by atoms with Crippen molar-refractivity contribution in [3.8, 4) is 0 Å². The van der Waals surface area contributed by atoms with E-state index in [0.29, 0.717) is 5.92 Å². The van der Waals surface area contributed by atoms with Crippen LogP contribution in [0.4, 0.5) is 0 Å². The van der Waals surface area contributed by atoms with Gasteiger partial charge in [0.15, 0.2) is 0 Å². The predicted octanol–water partition coefficient (Wildman–Crippen LogP) is 7.21. The Morgan fingerprint density at radius 2 is 1.08 bits per heavy atom. The molecule has 0 spiro atoms. The Bertz CT molecular complexity index is 250. The van der Waals surface area contributed by atoms with E-state index in [1.54, 1.807) is 0 Å². The Hall–Kier alpha value is -0.0800. The Balaban J connectivity index is 3.18. The summed E-state index contributed by atoms with van der Waals surface area (Å²) in [6.07, 6.45) is 20.4. The maximum atomic E-state index is 6.15. The standard InChI is InChI=1S/C22H47NO/c1-5-6-7-8-9-10-11-12-13-14-15-16-17-18-19-24-22(4,23)20-21(2)3/h21H,5-20,23H2,1-4H3. The minimum atomic E-state index is -0.440. The van der Waals surface area contributed by atoms with Crippen LogP contribution in [0.15, 0.2) is 0 Å². The van der Waals surface area contributed by atoms with Gasteiger partial charge in [0.1, 0.15) is 5.72 Å². The molecule has 24 heavy (non-hydrogen) atoms. The molecule has 0 aromatic carbocycles. The lowest BCUT2D eigenvalue weighted by atomic mass is 10.0. The van der Waals surface area contributed by atoms with Gasteiger partial charge in [-0.3, -0.25) is 0 Å². The Labute approximate surface area is 153 Å². The van der Waals surface area contributed by atoms with Gasteiger partial charge in [0.05, 0.1) is 0 Å². The first-order valence-corrected chi connectivity index (χ1v) is 10.9. The van der Waals surface area contributed by atoms with Crippen molar-refractivity contribution in [3.05, 3.63) is 0 Å². The van der Waals surface area contributed by atoms with Gasteiger partial charge >= 0.3 is 0 Å². The van der Waals surface area contributed by atoms with Gasteiger partial charge in [-0.15, -0.1) is 0 Å². The first kappa shape index (κ1) is 23.9. The minimum Gasteiger partial charge on any atom is -0.361 e. The van der Waals surface area contributed by atoms with Crippen molar-refractivity contribution in [2.24, 2.45) is 11.7 Å². The third-order valence-electron chi connectivity index (χ3n) is 4.74. The predicted molar refractivity (Wildman–Crippen MR) is 108 cm³/mol. The number of unbranched alkanes of at least 4 members (excludes halogenated alkanes) is 13. The summed E-state index contributed by atoms with van der Waals surface area (Å²) in [5, 5.41) is 0. The topological polar surface area (TPSA) is 35.2 Å². The molecule has 1 atom stereocenters. The van der Waals surface area contributed by atoms with Gasteiger partial charge in [-0.2, -0.15) is 0 Å². The largest absolute Gasteiger partial charge is 0.361 e. The van der Waals surface area contributed by atoms with E-state index in [9.17, 15) is 0 Å². The molecule has 146 valence electrons. The van der Waals surface area contributed by atoms with Crippen LogP contribution in [0.5, 0.6) is 0 Å². The fraction of sp³-hybridized carbons (Fsp3) is 1.00. The molecule has 0 aliphatic heterocycles. The number of rotatable bonds is 18. The van der Waals surface area contributed by atoms with Gasteiger partial charge in [-0.05, 0) is 25.7 Å². The molecule has 1 unspecified atom stereocenters. The smallest absolute Gasteiger partial charge is 0.114 e. The summed E-state index contributed by atoms with van der Waals surface area (Å²) in [5.41, 5.74) is 5.71. The average Bonchev–Trinajstić information content (AvgIpc) is 2.49. The third-order valence-corrected chi connectivity index (χ3v) is 4.74. The van der Waals surface area contributed by atoms with Gasteiger partial charge < -0.3 is 10.5 Å². The monoisotopic (exact) mass is 341 g/mol. The van der Waals surface area contributed by atoms with Crippen LogP contribution in [-0.2, 0) is 4.74 Å². The van der Waals surface area contributed by atoms with Gasteiger partial charge in [-0.1, -0.05) is 104 Å². The molecule has 0 bridgehead atoms. The first-order valence-electron chi connectivity index (χ1n) is 10.9. The van der Waals surface area contributed by atoms with Crippen LogP contribution in [-0.4, -0.2) is 12.3 Å². The zero-order chi connectivity index (χ0) is 18.1. The molecule has 0 radical (unpaired) electrons. The summed E-state index contributed by atoms with van der Waals surface area (Å²) in [7, 11) is 0. The fourth-order valence-corrected chi connectivity index (χ4v) is 3.47. The van der Waals surface area contributed by atoms with Crippen molar-refractivity contribution < 1.29 is 4.74 Å². The summed E-state index contributed by atoms with van der Waals surface area (Å²) < 4.78 is 5.83. The first-order chi connectivity index (χ1) is 11.5. The van der Waals surface area contributed by atoms with Crippen LogP contribution in [0.25, 0.3) is 0 Å². The second-order valence-electron chi connectivity index (χ2n) is 8.36. The number of nitrogens with two attached hydrogens (primary N) is 1. The van der Waals surface area contributed by atoms with Gasteiger partial charge in [0.2, 0.25) is 0 Å². The highest BCUT2D eigenvalue weighted by atomic mass is 16.5. The van der Waals surface area contributed by atoms with E-state index >= 15 is 0 Å². The number of hydrogen-bond donors (Lipinski definition) is 1. The molecule has 0 amide bonds. The molecule has 2 heteroatoms. The van der Waals surface area contributed by atoms with Crippen LogP contribution < -0.4 is 5.73 Å². The lowest BCUT2D eigenvalue weighted by Crippen LogP contribution is -2.40. The van der Waals surface area contributed by atoms with E-state index in [1.807, 2.05) is 6.92 Å². The van der Waals surface area contributed by atoms with Crippen LogP contribution in [0, 0.1) is 5.92 Å². The summed E-state index contributed by atoms with van der Waals surface area (Å²) in [5.74, 6) is 0.594. The fourth-order valence-electron chi connectivity index (χ4n) is 3.47. The lowest BCUT2D eigenvalue weighted by molar-refractivity contribution is -0.0423. The maximum absolute atomic E-state index is 6.15. The second-order valence-corrected chi connectivity index (χ2v) is 8.36. The zero-order valence-electron chi connectivity index (χ0n) is 17.4. The molecule has 2 nitrogen and oxygen atoms in total. The zero-order valence-corrected chi connectivity index (χ0v) is 17.4. The molecule has 0 aromatic rings. The highest BCUT2D eigenvalue weighted by molar-refractivity contribution is 4.68. The average molecular weight is 342 g/mol. The number of hydrogen-bond acceptors (Lipinski definition) is 2. The molecular formula is C22H47NO. The summed E-state index contributed by atoms with van der Waals surface area (Å²) in [6, 6.07) is 0. The van der Waals surface area contributed by atoms with E-state index in [-0.39, 0.29) is 0 Å². The van der Waals surface area contributed by atoms with E-state index in [0.717, 1.165) is 19.4 Å². The van der Waals surface area contributed by atoms with E-state index < -0.39 is 5.72 Å². The van der Waals surface area contributed by atoms with Gasteiger partial charge in [-0.25, -0.2) is 0 Å². The molecule has 0 aliphatic rings. The van der Waals surface area contributed by atoms with Crippen molar-refractivity contribution in [2.75, 3.05) is 6.61 Å². The SMILES string of the molecule is CCCCCCCCCCCCCCCCOC(C)(N)CC(C)C.